The van der Waals surface area contributed by atoms with E-state index < -0.39 is 5.41 Å². The van der Waals surface area contributed by atoms with Crippen molar-refractivity contribution in [2.75, 3.05) is 5.32 Å². The first kappa shape index (κ1) is 20.5. The number of carbonyl (C=O) groups excluding carboxylic acids is 1. The van der Waals surface area contributed by atoms with Crippen LogP contribution in [0.25, 0.3) is 10.8 Å². The Bertz CT molecular complexity index is 1050. The van der Waals surface area contributed by atoms with Gasteiger partial charge >= 0.3 is 0 Å². The highest BCUT2D eigenvalue weighted by Gasteiger charge is 2.42. The number of anilines is 1. The quantitative estimate of drug-likeness (QED) is 0.494. The lowest BCUT2D eigenvalue weighted by atomic mass is 9.77. The molecule has 1 amide bonds. The van der Waals surface area contributed by atoms with Gasteiger partial charge in [-0.1, -0.05) is 73.9 Å². The summed E-state index contributed by atoms with van der Waals surface area (Å²) in [5, 5.41) is 5.34. The van der Waals surface area contributed by atoms with Crippen LogP contribution in [0.4, 0.5) is 5.69 Å². The number of amides is 1. The molecular weight excluding hydrogens is 370 g/mol. The van der Waals surface area contributed by atoms with E-state index in [2.05, 4.69) is 62.5 Å². The van der Waals surface area contributed by atoms with Crippen molar-refractivity contribution in [3.63, 3.8) is 0 Å². The van der Waals surface area contributed by atoms with Crippen molar-refractivity contribution in [3.8, 4) is 5.75 Å². The van der Waals surface area contributed by atoms with Crippen LogP contribution in [0.2, 0.25) is 0 Å². The van der Waals surface area contributed by atoms with Crippen molar-refractivity contribution in [2.45, 2.75) is 64.4 Å². The van der Waals surface area contributed by atoms with Crippen LogP contribution in [0.1, 0.15) is 57.1 Å². The van der Waals surface area contributed by atoms with Gasteiger partial charge in [0.1, 0.15) is 5.75 Å². The van der Waals surface area contributed by atoms with Gasteiger partial charge in [0.05, 0.1) is 11.5 Å². The van der Waals surface area contributed by atoms with Crippen LogP contribution < -0.4 is 10.1 Å². The van der Waals surface area contributed by atoms with Gasteiger partial charge in [-0.05, 0) is 50.8 Å². The summed E-state index contributed by atoms with van der Waals surface area (Å²) in [4.78, 5) is 13.7. The molecule has 4 rings (SSSR count). The Morgan fingerprint density at radius 3 is 2.47 bits per heavy atom. The smallest absolute Gasteiger partial charge is 0.235 e. The van der Waals surface area contributed by atoms with E-state index in [1.165, 1.54) is 5.56 Å². The summed E-state index contributed by atoms with van der Waals surface area (Å²) in [5.41, 5.74) is 2.74. The molecule has 0 bridgehead atoms. The molecule has 0 aliphatic heterocycles. The van der Waals surface area contributed by atoms with Gasteiger partial charge in [-0.2, -0.15) is 0 Å². The maximum Gasteiger partial charge on any atom is 0.235 e. The van der Waals surface area contributed by atoms with E-state index in [0.717, 1.165) is 59.9 Å². The third kappa shape index (κ3) is 3.81. The molecule has 0 radical (unpaired) electrons. The van der Waals surface area contributed by atoms with Crippen molar-refractivity contribution in [2.24, 2.45) is 0 Å². The summed E-state index contributed by atoms with van der Waals surface area (Å²) in [6.45, 7) is 6.29. The second-order valence-corrected chi connectivity index (χ2v) is 8.61. The molecule has 1 aliphatic rings. The van der Waals surface area contributed by atoms with Gasteiger partial charge in [-0.3, -0.25) is 4.79 Å². The number of aryl methyl sites for hydroxylation is 1. The minimum absolute atomic E-state index is 0.103. The van der Waals surface area contributed by atoms with Gasteiger partial charge in [0.25, 0.3) is 0 Å². The van der Waals surface area contributed by atoms with E-state index in [1.54, 1.807) is 0 Å². The molecule has 0 heterocycles. The van der Waals surface area contributed by atoms with Crippen molar-refractivity contribution < 1.29 is 9.53 Å². The number of hydrogen-bond acceptors (Lipinski definition) is 2. The zero-order valence-corrected chi connectivity index (χ0v) is 18.2. The highest BCUT2D eigenvalue weighted by Crippen LogP contribution is 2.43. The number of carbonyl (C=O) groups is 1. The number of rotatable bonds is 6. The lowest BCUT2D eigenvalue weighted by Crippen LogP contribution is -2.38. The molecule has 3 aromatic rings. The van der Waals surface area contributed by atoms with E-state index in [9.17, 15) is 4.79 Å². The van der Waals surface area contributed by atoms with Crippen LogP contribution in [0.15, 0.2) is 60.7 Å². The van der Waals surface area contributed by atoms with Gasteiger partial charge in [0, 0.05) is 16.5 Å². The Morgan fingerprint density at radius 2 is 1.77 bits per heavy atom. The molecule has 0 aromatic heterocycles. The summed E-state index contributed by atoms with van der Waals surface area (Å²) in [5.74, 6) is 0.971. The van der Waals surface area contributed by atoms with Crippen LogP contribution in [0, 0.1) is 6.92 Å². The molecule has 3 aromatic carbocycles. The summed E-state index contributed by atoms with van der Waals surface area (Å²) in [7, 11) is 0. The topological polar surface area (TPSA) is 38.3 Å². The summed E-state index contributed by atoms with van der Waals surface area (Å²) < 4.78 is 6.13. The lowest BCUT2D eigenvalue weighted by molar-refractivity contribution is -0.121. The summed E-state index contributed by atoms with van der Waals surface area (Å²) in [6.07, 6.45) is 5.07. The minimum atomic E-state index is -0.445. The van der Waals surface area contributed by atoms with E-state index in [-0.39, 0.29) is 12.0 Å². The fourth-order valence-electron chi connectivity index (χ4n) is 4.59. The maximum absolute atomic E-state index is 13.7. The molecule has 156 valence electrons. The maximum atomic E-state index is 13.7. The zero-order chi connectivity index (χ0) is 21.1. The Morgan fingerprint density at radius 1 is 1.03 bits per heavy atom. The second kappa shape index (κ2) is 8.51. The molecule has 30 heavy (non-hydrogen) atoms. The standard InChI is InChI=1S/C27H31NO2/c1-4-20(3)30-25-15-14-24(22-12-5-6-13-23(22)25)28-26(29)27(16-7-8-17-27)21-11-9-10-19(2)18-21/h5-6,9-15,18,20H,4,7-8,16-17H2,1-3H3,(H,28,29). The van der Waals surface area contributed by atoms with Gasteiger partial charge in [0.2, 0.25) is 5.91 Å². The molecule has 3 nitrogen and oxygen atoms in total. The molecule has 0 saturated heterocycles. The average Bonchev–Trinajstić information content (AvgIpc) is 3.27. The Kier molecular flexibility index (Phi) is 5.80. The van der Waals surface area contributed by atoms with Crippen LogP contribution in [-0.4, -0.2) is 12.0 Å². The van der Waals surface area contributed by atoms with Gasteiger partial charge in [0.15, 0.2) is 0 Å². The Balaban J connectivity index is 1.70. The Labute approximate surface area is 179 Å². The number of benzene rings is 3. The molecule has 1 atom stereocenters. The summed E-state index contributed by atoms with van der Waals surface area (Å²) in [6, 6.07) is 20.6. The van der Waals surface area contributed by atoms with Crippen molar-refractivity contribution >= 4 is 22.4 Å². The highest BCUT2D eigenvalue weighted by atomic mass is 16.5. The van der Waals surface area contributed by atoms with Crippen LogP contribution in [-0.2, 0) is 10.2 Å². The van der Waals surface area contributed by atoms with E-state index in [1.807, 2.05) is 24.3 Å². The molecule has 1 saturated carbocycles. The minimum Gasteiger partial charge on any atom is -0.490 e. The number of fused-ring (bicyclic) bond motifs is 1. The first-order chi connectivity index (χ1) is 14.5. The molecule has 1 fully saturated rings. The van der Waals surface area contributed by atoms with Crippen molar-refractivity contribution in [1.82, 2.24) is 0 Å². The lowest BCUT2D eigenvalue weighted by Gasteiger charge is -2.29. The molecular formula is C27H31NO2. The molecule has 1 aliphatic carbocycles. The fourth-order valence-corrected chi connectivity index (χ4v) is 4.59. The molecule has 1 unspecified atom stereocenters. The molecule has 3 heteroatoms. The zero-order valence-electron chi connectivity index (χ0n) is 18.2. The first-order valence-corrected chi connectivity index (χ1v) is 11.1. The van der Waals surface area contributed by atoms with Crippen LogP contribution in [0.5, 0.6) is 5.75 Å². The Hall–Kier alpha value is -2.81. The van der Waals surface area contributed by atoms with E-state index in [0.29, 0.717) is 0 Å². The monoisotopic (exact) mass is 401 g/mol. The second-order valence-electron chi connectivity index (χ2n) is 8.61. The predicted octanol–water partition coefficient (Wildman–Crippen LogP) is 6.78. The van der Waals surface area contributed by atoms with Gasteiger partial charge in [-0.25, -0.2) is 0 Å². The number of ether oxygens (including phenoxy) is 1. The largest absolute Gasteiger partial charge is 0.490 e. The van der Waals surface area contributed by atoms with Gasteiger partial charge < -0.3 is 10.1 Å². The third-order valence-electron chi connectivity index (χ3n) is 6.50. The van der Waals surface area contributed by atoms with Crippen molar-refractivity contribution in [3.05, 3.63) is 71.8 Å². The third-order valence-corrected chi connectivity index (χ3v) is 6.50. The number of hydrogen-bond donors (Lipinski definition) is 1. The first-order valence-electron chi connectivity index (χ1n) is 11.1. The highest BCUT2D eigenvalue weighted by molar-refractivity contribution is 6.07. The van der Waals surface area contributed by atoms with Crippen molar-refractivity contribution in [1.29, 1.82) is 0 Å². The normalized spacial score (nSPS) is 16.4. The van der Waals surface area contributed by atoms with E-state index in [4.69, 9.17) is 4.74 Å². The number of nitrogens with one attached hydrogen (secondary N) is 1. The van der Waals surface area contributed by atoms with Gasteiger partial charge in [-0.15, -0.1) is 0 Å². The molecule has 1 N–H and O–H groups in total. The molecule has 0 spiro atoms. The van der Waals surface area contributed by atoms with Crippen LogP contribution >= 0.6 is 0 Å². The van der Waals surface area contributed by atoms with Crippen LogP contribution in [0.3, 0.4) is 0 Å². The van der Waals surface area contributed by atoms with E-state index >= 15 is 0 Å². The SMILES string of the molecule is CCC(C)Oc1ccc(NC(=O)C2(c3cccc(C)c3)CCCC2)c2ccccc12. The average molecular weight is 402 g/mol. The summed E-state index contributed by atoms with van der Waals surface area (Å²) >= 11 is 0. The fraction of sp³-hybridized carbons (Fsp3) is 0.370. The predicted molar refractivity (Wildman–Crippen MR) is 124 cm³/mol.